The quantitative estimate of drug-likeness (QED) is 0.659. The van der Waals surface area contributed by atoms with Gasteiger partial charge in [-0.15, -0.1) is 5.10 Å². The van der Waals surface area contributed by atoms with Gasteiger partial charge in [0, 0.05) is 5.69 Å². The molecule has 0 radical (unpaired) electrons. The first-order valence-corrected chi connectivity index (χ1v) is 8.66. The molecule has 0 aliphatic rings. The van der Waals surface area contributed by atoms with Crippen LogP contribution in [0.1, 0.15) is 5.56 Å². The summed E-state index contributed by atoms with van der Waals surface area (Å²) >= 11 is 0. The SMILES string of the molecule is NC(=O)Cc1ccc(NS(=O)(=O)c2cccc(-n3cnnn3)c2)cc1. The van der Waals surface area contributed by atoms with E-state index in [1.54, 1.807) is 36.4 Å². The number of aromatic nitrogens is 4. The topological polar surface area (TPSA) is 133 Å². The molecular formula is C15H14N6O3S. The highest BCUT2D eigenvalue weighted by molar-refractivity contribution is 7.92. The van der Waals surface area contributed by atoms with E-state index >= 15 is 0 Å². The van der Waals surface area contributed by atoms with Gasteiger partial charge in [0.2, 0.25) is 5.91 Å². The summed E-state index contributed by atoms with van der Waals surface area (Å²) in [7, 11) is -3.79. The summed E-state index contributed by atoms with van der Waals surface area (Å²) < 4.78 is 28.9. The zero-order valence-electron chi connectivity index (χ0n) is 12.9. The van der Waals surface area contributed by atoms with E-state index in [0.29, 0.717) is 16.9 Å². The minimum absolute atomic E-state index is 0.0710. The van der Waals surface area contributed by atoms with Gasteiger partial charge < -0.3 is 5.73 Å². The zero-order valence-corrected chi connectivity index (χ0v) is 13.7. The number of benzene rings is 2. The molecule has 3 aromatic rings. The lowest BCUT2D eigenvalue weighted by atomic mass is 10.1. The number of tetrazole rings is 1. The predicted octanol–water partition coefficient (Wildman–Crippen LogP) is 0.491. The Labute approximate surface area is 143 Å². The number of anilines is 1. The summed E-state index contributed by atoms with van der Waals surface area (Å²) in [6.45, 7) is 0. The highest BCUT2D eigenvalue weighted by atomic mass is 32.2. The molecule has 0 atom stereocenters. The van der Waals surface area contributed by atoms with Crippen LogP contribution in [0.25, 0.3) is 5.69 Å². The minimum Gasteiger partial charge on any atom is -0.369 e. The van der Waals surface area contributed by atoms with Crippen molar-refractivity contribution in [3.8, 4) is 5.69 Å². The Hall–Kier alpha value is -3.27. The Kier molecular flexibility index (Phi) is 4.44. The Balaban J connectivity index is 1.82. The maximum atomic E-state index is 12.5. The maximum Gasteiger partial charge on any atom is 0.261 e. The van der Waals surface area contributed by atoms with Crippen LogP contribution in [0.5, 0.6) is 0 Å². The van der Waals surface area contributed by atoms with E-state index in [9.17, 15) is 13.2 Å². The monoisotopic (exact) mass is 358 g/mol. The van der Waals surface area contributed by atoms with Gasteiger partial charge in [0.05, 0.1) is 17.0 Å². The fourth-order valence-electron chi connectivity index (χ4n) is 2.18. The highest BCUT2D eigenvalue weighted by Crippen LogP contribution is 2.19. The van der Waals surface area contributed by atoms with Crippen molar-refractivity contribution in [2.24, 2.45) is 5.73 Å². The number of nitrogens with zero attached hydrogens (tertiary/aromatic N) is 4. The molecule has 2 aromatic carbocycles. The van der Waals surface area contributed by atoms with Crippen molar-refractivity contribution in [2.45, 2.75) is 11.3 Å². The second kappa shape index (κ2) is 6.69. The van der Waals surface area contributed by atoms with Crippen molar-refractivity contribution in [2.75, 3.05) is 4.72 Å². The predicted molar refractivity (Wildman–Crippen MR) is 89.3 cm³/mol. The van der Waals surface area contributed by atoms with Crippen molar-refractivity contribution in [1.82, 2.24) is 20.2 Å². The summed E-state index contributed by atoms with van der Waals surface area (Å²) in [5, 5.41) is 10.8. The second-order valence-corrected chi connectivity index (χ2v) is 6.88. The van der Waals surface area contributed by atoms with E-state index in [4.69, 9.17) is 5.73 Å². The van der Waals surface area contributed by atoms with Crippen LogP contribution < -0.4 is 10.5 Å². The molecule has 1 heterocycles. The van der Waals surface area contributed by atoms with Gasteiger partial charge in [-0.25, -0.2) is 13.1 Å². The van der Waals surface area contributed by atoms with Crippen LogP contribution in [-0.2, 0) is 21.2 Å². The smallest absolute Gasteiger partial charge is 0.261 e. The van der Waals surface area contributed by atoms with E-state index in [-0.39, 0.29) is 11.3 Å². The third-order valence-electron chi connectivity index (χ3n) is 3.33. The molecule has 0 aliphatic heterocycles. The Morgan fingerprint density at radius 3 is 2.56 bits per heavy atom. The van der Waals surface area contributed by atoms with E-state index in [1.165, 1.54) is 23.1 Å². The zero-order chi connectivity index (χ0) is 17.9. The number of carbonyl (C=O) groups excluding carboxylic acids is 1. The van der Waals surface area contributed by atoms with Gasteiger partial charge >= 0.3 is 0 Å². The average Bonchev–Trinajstić information content (AvgIpc) is 3.11. The first kappa shape index (κ1) is 16.6. The molecule has 128 valence electrons. The van der Waals surface area contributed by atoms with Gasteiger partial charge in [-0.2, -0.15) is 0 Å². The van der Waals surface area contributed by atoms with Crippen LogP contribution in [0.4, 0.5) is 5.69 Å². The molecule has 10 heteroatoms. The summed E-state index contributed by atoms with van der Waals surface area (Å²) in [4.78, 5) is 11.0. The fourth-order valence-corrected chi connectivity index (χ4v) is 3.28. The molecule has 0 unspecified atom stereocenters. The van der Waals surface area contributed by atoms with Crippen LogP contribution in [0, 0.1) is 0 Å². The van der Waals surface area contributed by atoms with Crippen LogP contribution >= 0.6 is 0 Å². The number of nitrogens with two attached hydrogens (primary N) is 1. The van der Waals surface area contributed by atoms with Crippen molar-refractivity contribution in [3.63, 3.8) is 0 Å². The van der Waals surface area contributed by atoms with Gasteiger partial charge in [0.1, 0.15) is 6.33 Å². The third kappa shape index (κ3) is 3.98. The van der Waals surface area contributed by atoms with Crippen molar-refractivity contribution < 1.29 is 13.2 Å². The molecule has 3 N–H and O–H groups in total. The van der Waals surface area contributed by atoms with Gasteiger partial charge in [-0.3, -0.25) is 9.52 Å². The van der Waals surface area contributed by atoms with Gasteiger partial charge in [0.15, 0.2) is 0 Å². The molecule has 0 aliphatic carbocycles. The number of amides is 1. The highest BCUT2D eigenvalue weighted by Gasteiger charge is 2.15. The molecule has 3 rings (SSSR count). The number of carbonyl (C=O) groups is 1. The van der Waals surface area contributed by atoms with Gasteiger partial charge in [-0.1, -0.05) is 18.2 Å². The van der Waals surface area contributed by atoms with E-state index in [0.717, 1.165) is 0 Å². The lowest BCUT2D eigenvalue weighted by Gasteiger charge is -2.10. The number of hydrogen-bond acceptors (Lipinski definition) is 6. The Bertz CT molecular complexity index is 984. The van der Waals surface area contributed by atoms with Crippen LogP contribution in [0.3, 0.4) is 0 Å². The summed E-state index contributed by atoms with van der Waals surface area (Å²) in [6.07, 6.45) is 1.47. The number of primary amides is 1. The molecule has 0 saturated carbocycles. The molecule has 0 bridgehead atoms. The van der Waals surface area contributed by atoms with E-state index < -0.39 is 15.9 Å². The van der Waals surface area contributed by atoms with E-state index in [2.05, 4.69) is 20.2 Å². The largest absolute Gasteiger partial charge is 0.369 e. The van der Waals surface area contributed by atoms with Gasteiger partial charge in [0.25, 0.3) is 10.0 Å². The molecule has 1 aromatic heterocycles. The number of nitrogens with one attached hydrogen (secondary N) is 1. The molecule has 9 nitrogen and oxygen atoms in total. The van der Waals surface area contributed by atoms with Crippen molar-refractivity contribution in [3.05, 3.63) is 60.4 Å². The summed E-state index contributed by atoms with van der Waals surface area (Å²) in [6, 6.07) is 12.6. The Morgan fingerprint density at radius 1 is 1.16 bits per heavy atom. The molecule has 0 fully saturated rings. The lowest BCUT2D eigenvalue weighted by Crippen LogP contribution is -2.15. The first-order chi connectivity index (χ1) is 11.9. The number of rotatable bonds is 6. The average molecular weight is 358 g/mol. The normalized spacial score (nSPS) is 11.2. The molecular weight excluding hydrogens is 344 g/mol. The summed E-state index contributed by atoms with van der Waals surface area (Å²) in [5.74, 6) is -0.451. The van der Waals surface area contributed by atoms with Crippen LogP contribution in [-0.4, -0.2) is 34.5 Å². The Morgan fingerprint density at radius 2 is 1.92 bits per heavy atom. The minimum atomic E-state index is -3.79. The first-order valence-electron chi connectivity index (χ1n) is 7.17. The van der Waals surface area contributed by atoms with Crippen molar-refractivity contribution in [1.29, 1.82) is 0 Å². The molecule has 0 spiro atoms. The lowest BCUT2D eigenvalue weighted by molar-refractivity contribution is -0.117. The molecule has 0 saturated heterocycles. The second-order valence-electron chi connectivity index (χ2n) is 5.20. The van der Waals surface area contributed by atoms with E-state index in [1.807, 2.05) is 0 Å². The van der Waals surface area contributed by atoms with Crippen molar-refractivity contribution >= 4 is 21.6 Å². The van der Waals surface area contributed by atoms with Gasteiger partial charge in [-0.05, 0) is 46.3 Å². The summed E-state index contributed by atoms with van der Waals surface area (Å²) in [5.41, 5.74) is 6.73. The fraction of sp³-hybridized carbons (Fsp3) is 0.0667. The molecule has 1 amide bonds. The third-order valence-corrected chi connectivity index (χ3v) is 4.70. The maximum absolute atomic E-state index is 12.5. The molecule has 25 heavy (non-hydrogen) atoms. The number of sulfonamides is 1. The standard InChI is InChI=1S/C15H14N6O3S/c16-15(22)8-11-4-6-12(7-5-11)18-25(23,24)14-3-1-2-13(9-14)21-10-17-19-20-21/h1-7,9-10,18H,8H2,(H2,16,22). The number of hydrogen-bond donors (Lipinski definition) is 2. The van der Waals surface area contributed by atoms with Crippen LogP contribution in [0.15, 0.2) is 59.8 Å². The van der Waals surface area contributed by atoms with Crippen LogP contribution in [0.2, 0.25) is 0 Å².